The molecule has 2 atom stereocenters. The number of hydrogen-bond acceptors (Lipinski definition) is 6. The normalized spacial score (nSPS) is 19.9. The van der Waals surface area contributed by atoms with Crippen molar-refractivity contribution in [2.24, 2.45) is 0 Å². The van der Waals surface area contributed by atoms with E-state index in [1.165, 1.54) is 4.90 Å². The van der Waals surface area contributed by atoms with Crippen LogP contribution in [0.4, 0.5) is 0 Å². The molecule has 1 saturated heterocycles. The van der Waals surface area contributed by atoms with Crippen LogP contribution in [0.15, 0.2) is 42.0 Å². The van der Waals surface area contributed by atoms with Crippen molar-refractivity contribution in [2.75, 3.05) is 39.4 Å². The second kappa shape index (κ2) is 12.6. The maximum absolute atomic E-state index is 13.9. The van der Waals surface area contributed by atoms with Crippen molar-refractivity contribution in [3.63, 3.8) is 0 Å². The summed E-state index contributed by atoms with van der Waals surface area (Å²) in [6.45, 7) is 13.9. The number of likely N-dealkylation sites (N-methyl/N-ethyl adjacent to an activating group) is 1. The molecule has 210 valence electrons. The Hall–Kier alpha value is -3.52. The van der Waals surface area contributed by atoms with E-state index in [1.54, 1.807) is 35.2 Å². The lowest BCUT2D eigenvalue weighted by Gasteiger charge is -2.29. The van der Waals surface area contributed by atoms with Gasteiger partial charge in [0.25, 0.3) is 5.91 Å². The second-order valence-corrected chi connectivity index (χ2v) is 10.1. The largest absolute Gasteiger partial charge is 0.872 e. The minimum Gasteiger partial charge on any atom is -0.872 e. The number of carbonyl (C=O) groups excluding carboxylic acids is 2. The third kappa shape index (κ3) is 5.91. The first-order chi connectivity index (χ1) is 18.8. The highest BCUT2D eigenvalue weighted by Crippen LogP contribution is 2.42. The lowest BCUT2D eigenvalue weighted by molar-refractivity contribution is -0.895. The van der Waals surface area contributed by atoms with Gasteiger partial charge in [-0.15, -0.1) is 0 Å². The smallest absolute Gasteiger partial charge is 0.295 e. The molecule has 2 aliphatic rings. The molecule has 0 radical (unpaired) electrons. The van der Waals surface area contributed by atoms with Crippen molar-refractivity contribution >= 4 is 17.4 Å². The van der Waals surface area contributed by atoms with Crippen molar-refractivity contribution in [2.45, 2.75) is 59.6 Å². The van der Waals surface area contributed by atoms with Gasteiger partial charge in [-0.05, 0) is 75.1 Å². The average Bonchev–Trinajstić information content (AvgIpc) is 3.43. The van der Waals surface area contributed by atoms with E-state index in [4.69, 9.17) is 14.2 Å². The molecule has 39 heavy (non-hydrogen) atoms. The zero-order chi connectivity index (χ0) is 28.1. The van der Waals surface area contributed by atoms with Gasteiger partial charge in [0, 0.05) is 12.0 Å². The minimum atomic E-state index is -0.810. The Balaban J connectivity index is 1.81. The molecule has 0 bridgehead atoms. The summed E-state index contributed by atoms with van der Waals surface area (Å²) < 4.78 is 17.5. The summed E-state index contributed by atoms with van der Waals surface area (Å²) in [5.41, 5.74) is 1.95. The quantitative estimate of drug-likeness (QED) is 0.254. The van der Waals surface area contributed by atoms with Gasteiger partial charge in [-0.3, -0.25) is 9.59 Å². The molecule has 0 aromatic heterocycles. The van der Waals surface area contributed by atoms with Crippen LogP contribution >= 0.6 is 0 Å². The van der Waals surface area contributed by atoms with Gasteiger partial charge in [-0.25, -0.2) is 0 Å². The number of ether oxygens (including phenoxy) is 3. The van der Waals surface area contributed by atoms with E-state index < -0.39 is 23.5 Å². The number of likely N-dealkylation sites (tertiary alicyclic amines) is 1. The molecule has 2 heterocycles. The molecule has 2 unspecified atom stereocenters. The summed E-state index contributed by atoms with van der Waals surface area (Å²) in [7, 11) is 0. The maximum Gasteiger partial charge on any atom is 0.295 e. The van der Waals surface area contributed by atoms with E-state index in [0.717, 1.165) is 30.8 Å². The number of nitrogens with zero attached hydrogens (tertiary/aromatic N) is 1. The van der Waals surface area contributed by atoms with Crippen LogP contribution in [0.5, 0.6) is 17.2 Å². The summed E-state index contributed by atoms with van der Waals surface area (Å²) in [5, 5.41) is 13.9. The molecule has 0 spiro atoms. The fourth-order valence-electron chi connectivity index (χ4n) is 5.34. The number of benzene rings is 2. The highest BCUT2D eigenvalue weighted by atomic mass is 16.5. The van der Waals surface area contributed by atoms with Gasteiger partial charge in [0.1, 0.15) is 11.9 Å². The van der Waals surface area contributed by atoms with Crippen LogP contribution in [0.3, 0.4) is 0 Å². The molecule has 2 aromatic carbocycles. The second-order valence-electron chi connectivity index (χ2n) is 10.1. The zero-order valence-corrected chi connectivity index (χ0v) is 23.7. The lowest BCUT2D eigenvalue weighted by Crippen LogP contribution is -3.12. The first-order valence-electron chi connectivity index (χ1n) is 14.1. The standard InChI is InChI=1S/C31H40N2O6/c1-6-16-38-25-13-10-21(19-26(25)37-9-4)28-27(30(35)31(36)33(28)15-14-32(7-2)8-3)29(34)22-11-12-24-23(18-22)17-20(5)39-24/h10-13,18-20,28,34H,6-9,14-17H2,1-5H3/b29-27+. The summed E-state index contributed by atoms with van der Waals surface area (Å²) in [5.74, 6) is 0.0639. The van der Waals surface area contributed by atoms with Crippen LogP contribution in [-0.2, 0) is 16.0 Å². The number of carbonyl (C=O) groups is 2. The number of nitrogens with one attached hydrogen (secondary N) is 1. The van der Waals surface area contributed by atoms with Crippen LogP contribution in [-0.4, -0.2) is 62.1 Å². The van der Waals surface area contributed by atoms with E-state index >= 15 is 0 Å². The number of amides is 1. The Morgan fingerprint density at radius 1 is 1.05 bits per heavy atom. The number of fused-ring (bicyclic) bond motifs is 1. The average molecular weight is 537 g/mol. The number of quaternary nitrogens is 1. The van der Waals surface area contributed by atoms with Gasteiger partial charge in [0.2, 0.25) is 5.78 Å². The van der Waals surface area contributed by atoms with Crippen LogP contribution in [0.2, 0.25) is 0 Å². The molecule has 8 heteroatoms. The molecular formula is C31H40N2O6. The van der Waals surface area contributed by atoms with Crippen LogP contribution in [0, 0.1) is 0 Å². The summed E-state index contributed by atoms with van der Waals surface area (Å²) >= 11 is 0. The monoisotopic (exact) mass is 536 g/mol. The summed E-state index contributed by atoms with van der Waals surface area (Å²) in [6, 6.07) is 9.86. The third-order valence-electron chi connectivity index (χ3n) is 7.44. The number of ketones is 1. The topological polar surface area (TPSA) is 92.6 Å². The lowest BCUT2D eigenvalue weighted by atomic mass is 9.94. The Kier molecular flexibility index (Phi) is 9.17. The molecule has 2 aliphatic heterocycles. The van der Waals surface area contributed by atoms with Gasteiger partial charge in [-0.2, -0.15) is 0 Å². The van der Waals surface area contributed by atoms with E-state index in [9.17, 15) is 14.7 Å². The van der Waals surface area contributed by atoms with Crippen molar-refractivity contribution in [1.29, 1.82) is 0 Å². The van der Waals surface area contributed by atoms with Crippen molar-refractivity contribution in [1.82, 2.24) is 4.90 Å². The molecule has 1 amide bonds. The fraction of sp³-hybridized carbons (Fsp3) is 0.484. The first-order valence-corrected chi connectivity index (χ1v) is 14.1. The van der Waals surface area contributed by atoms with Gasteiger partial charge in [0.05, 0.1) is 45.4 Å². The van der Waals surface area contributed by atoms with Gasteiger partial charge < -0.3 is 29.1 Å². The first kappa shape index (κ1) is 28.5. The Bertz CT molecular complexity index is 1240. The molecule has 1 fully saturated rings. The molecule has 4 rings (SSSR count). The fourth-order valence-corrected chi connectivity index (χ4v) is 5.34. The Labute approximate surface area is 231 Å². The zero-order valence-electron chi connectivity index (χ0n) is 23.7. The Morgan fingerprint density at radius 3 is 2.51 bits per heavy atom. The van der Waals surface area contributed by atoms with Crippen LogP contribution in [0.1, 0.15) is 63.8 Å². The third-order valence-corrected chi connectivity index (χ3v) is 7.44. The van der Waals surface area contributed by atoms with E-state index in [2.05, 4.69) is 13.8 Å². The van der Waals surface area contributed by atoms with Crippen molar-refractivity contribution < 1.29 is 33.8 Å². The molecule has 0 saturated carbocycles. The predicted octanol–water partition coefficient (Wildman–Crippen LogP) is 2.35. The summed E-state index contributed by atoms with van der Waals surface area (Å²) in [4.78, 5) is 29.7. The Morgan fingerprint density at radius 2 is 1.82 bits per heavy atom. The van der Waals surface area contributed by atoms with E-state index in [1.807, 2.05) is 26.8 Å². The summed E-state index contributed by atoms with van der Waals surface area (Å²) in [6.07, 6.45) is 1.57. The number of rotatable bonds is 12. The van der Waals surface area contributed by atoms with Crippen LogP contribution < -0.4 is 24.2 Å². The number of hydrogen-bond donors (Lipinski definition) is 1. The molecule has 0 aliphatic carbocycles. The highest BCUT2D eigenvalue weighted by molar-refractivity contribution is 6.46. The van der Waals surface area contributed by atoms with Gasteiger partial charge >= 0.3 is 0 Å². The molecule has 2 aromatic rings. The SMILES string of the molecule is CCCOc1ccc(C2/C(=C(\[O-])c3ccc4c(c3)CC(C)O4)C(=O)C(=O)N2CC[NH+](CC)CC)cc1OCC. The van der Waals surface area contributed by atoms with Crippen molar-refractivity contribution in [3.05, 3.63) is 58.7 Å². The van der Waals surface area contributed by atoms with Gasteiger partial charge in [-0.1, -0.05) is 24.8 Å². The maximum atomic E-state index is 13.9. The molecular weight excluding hydrogens is 496 g/mol. The van der Waals surface area contributed by atoms with Crippen molar-refractivity contribution in [3.8, 4) is 17.2 Å². The van der Waals surface area contributed by atoms with Gasteiger partial charge in [0.15, 0.2) is 11.5 Å². The van der Waals surface area contributed by atoms with E-state index in [-0.39, 0.29) is 11.7 Å². The number of Topliss-reactive ketones (excluding diaryl/α,β-unsaturated/α-hetero) is 1. The van der Waals surface area contributed by atoms with E-state index in [0.29, 0.717) is 55.4 Å². The predicted molar refractivity (Wildman–Crippen MR) is 147 cm³/mol. The molecule has 8 nitrogen and oxygen atoms in total. The highest BCUT2D eigenvalue weighted by Gasteiger charge is 2.44. The minimum absolute atomic E-state index is 0.0221. The van der Waals surface area contributed by atoms with Crippen LogP contribution in [0.25, 0.3) is 5.76 Å². The molecule has 1 N–H and O–H groups in total.